The third-order valence-corrected chi connectivity index (χ3v) is 9.60. The molecule has 5 rings (SSSR count). The summed E-state index contributed by atoms with van der Waals surface area (Å²) in [7, 11) is 1.39. The third-order valence-electron chi connectivity index (χ3n) is 7.31. The van der Waals surface area contributed by atoms with E-state index in [9.17, 15) is 9.59 Å². The number of nitrogens with one attached hydrogen (secondary N) is 1. The minimum atomic E-state index is -0.402. The van der Waals surface area contributed by atoms with Crippen LogP contribution < -0.4 is 11.1 Å². The molecule has 0 saturated heterocycles. The van der Waals surface area contributed by atoms with Gasteiger partial charge in [0.2, 0.25) is 0 Å². The van der Waals surface area contributed by atoms with E-state index >= 15 is 0 Å². The van der Waals surface area contributed by atoms with Gasteiger partial charge < -0.3 is 15.8 Å². The summed E-state index contributed by atoms with van der Waals surface area (Å²) in [5.41, 5.74) is 11.0. The molecule has 0 aliphatic heterocycles. The largest absolute Gasteiger partial charge is 0.465 e. The predicted octanol–water partition coefficient (Wildman–Crippen LogP) is 6.01. The lowest BCUT2D eigenvalue weighted by Gasteiger charge is -2.33. The number of nitrogen functional groups attached to an aromatic ring is 1. The number of hydrogen-bond acceptors (Lipinski definition) is 7. The van der Waals surface area contributed by atoms with E-state index < -0.39 is 5.97 Å². The van der Waals surface area contributed by atoms with Gasteiger partial charge in [0.05, 0.1) is 18.4 Å². The van der Waals surface area contributed by atoms with E-state index in [4.69, 9.17) is 15.5 Å². The zero-order valence-electron chi connectivity index (χ0n) is 20.2. The first-order chi connectivity index (χ1) is 16.2. The number of esters is 1. The number of anilines is 2. The number of carbonyl (C=O) groups is 2. The fourth-order valence-electron chi connectivity index (χ4n) is 5.22. The summed E-state index contributed by atoms with van der Waals surface area (Å²) in [6.07, 6.45) is 7.03. The van der Waals surface area contributed by atoms with E-state index in [0.717, 1.165) is 66.4 Å². The highest BCUT2D eigenvalue weighted by Gasteiger charge is 2.34. The van der Waals surface area contributed by atoms with Crippen molar-refractivity contribution in [2.75, 3.05) is 18.2 Å². The molecule has 3 heterocycles. The van der Waals surface area contributed by atoms with Crippen LogP contribution in [0, 0.1) is 11.3 Å². The van der Waals surface area contributed by atoms with Crippen molar-refractivity contribution in [2.45, 2.75) is 65.7 Å². The molecule has 8 heteroatoms. The molecular weight excluding hydrogens is 466 g/mol. The fraction of sp³-hybridized carbons (Fsp3) is 0.500. The number of nitrogens with two attached hydrogens (primary N) is 1. The topological polar surface area (TPSA) is 94.3 Å². The van der Waals surface area contributed by atoms with Crippen LogP contribution in [-0.2, 0) is 30.4 Å². The molecule has 1 unspecified atom stereocenters. The molecule has 180 valence electrons. The number of methoxy groups -OCH3 is 1. The van der Waals surface area contributed by atoms with Crippen LogP contribution in [0.5, 0.6) is 0 Å². The van der Waals surface area contributed by atoms with E-state index in [0.29, 0.717) is 27.0 Å². The second-order valence-electron chi connectivity index (χ2n) is 10.5. The van der Waals surface area contributed by atoms with Gasteiger partial charge in [-0.1, -0.05) is 20.8 Å². The molecule has 0 saturated carbocycles. The number of thiophene rings is 2. The molecule has 2 aliphatic carbocycles. The summed E-state index contributed by atoms with van der Waals surface area (Å²) in [5.74, 6) is -0.168. The second-order valence-corrected chi connectivity index (χ2v) is 12.6. The highest BCUT2D eigenvalue weighted by atomic mass is 32.1. The van der Waals surface area contributed by atoms with Crippen molar-refractivity contribution in [3.05, 3.63) is 38.2 Å². The quantitative estimate of drug-likeness (QED) is 0.432. The summed E-state index contributed by atoms with van der Waals surface area (Å²) in [5, 5.41) is 4.41. The molecule has 34 heavy (non-hydrogen) atoms. The van der Waals surface area contributed by atoms with Crippen molar-refractivity contribution >= 4 is 55.5 Å². The number of aryl methyl sites for hydroxylation is 2. The fourth-order valence-corrected chi connectivity index (χ4v) is 7.52. The first-order valence-corrected chi connectivity index (χ1v) is 13.6. The van der Waals surface area contributed by atoms with E-state index in [-0.39, 0.29) is 11.3 Å². The van der Waals surface area contributed by atoms with Crippen molar-refractivity contribution in [1.29, 1.82) is 0 Å². The van der Waals surface area contributed by atoms with Crippen molar-refractivity contribution in [1.82, 2.24) is 4.98 Å². The Morgan fingerprint density at radius 2 is 1.94 bits per heavy atom. The average molecular weight is 498 g/mol. The van der Waals surface area contributed by atoms with Gasteiger partial charge >= 0.3 is 5.97 Å². The number of nitrogens with zero attached hydrogens (tertiary/aromatic N) is 1. The van der Waals surface area contributed by atoms with Crippen LogP contribution in [0.2, 0.25) is 0 Å². The number of hydrogen-bond donors (Lipinski definition) is 2. The van der Waals surface area contributed by atoms with E-state index in [1.165, 1.54) is 40.2 Å². The Balaban J connectivity index is 1.49. The molecule has 3 aromatic heterocycles. The molecule has 0 bridgehead atoms. The summed E-state index contributed by atoms with van der Waals surface area (Å²) < 4.78 is 5.10. The second kappa shape index (κ2) is 8.64. The number of ether oxygens (including phenoxy) is 1. The Morgan fingerprint density at radius 3 is 2.68 bits per heavy atom. The van der Waals surface area contributed by atoms with Crippen LogP contribution in [0.1, 0.15) is 81.8 Å². The van der Waals surface area contributed by atoms with Crippen LogP contribution in [-0.4, -0.2) is 24.0 Å². The Kier molecular flexibility index (Phi) is 5.92. The molecule has 0 fully saturated rings. The minimum Gasteiger partial charge on any atom is -0.465 e. The smallest absolute Gasteiger partial charge is 0.341 e. The molecule has 0 spiro atoms. The number of amides is 1. The Bertz CT molecular complexity index is 1300. The standard InChI is InChI=1S/C26H31N3O3S2/c1-26(2,3)14-9-10-15-18(12-14)33-24(19(15)25(31)32-4)29-22(30)21-20(27)16-11-13-7-5-6-8-17(13)28-23(16)34-21/h11,14H,5-10,12,27H2,1-4H3,(H,29,30). The van der Waals surface area contributed by atoms with Gasteiger partial charge in [0.25, 0.3) is 5.91 Å². The van der Waals surface area contributed by atoms with Crippen molar-refractivity contribution < 1.29 is 14.3 Å². The number of aromatic nitrogens is 1. The van der Waals surface area contributed by atoms with Crippen LogP contribution in [0.3, 0.4) is 0 Å². The maximum Gasteiger partial charge on any atom is 0.341 e. The van der Waals surface area contributed by atoms with E-state index in [1.807, 2.05) is 0 Å². The van der Waals surface area contributed by atoms with Gasteiger partial charge in [-0.05, 0) is 73.5 Å². The lowest BCUT2D eigenvalue weighted by Crippen LogP contribution is -2.26. The van der Waals surface area contributed by atoms with Gasteiger partial charge in [0.15, 0.2) is 0 Å². The minimum absolute atomic E-state index is 0.189. The normalized spacial score (nSPS) is 17.8. The zero-order chi connectivity index (χ0) is 24.2. The van der Waals surface area contributed by atoms with Gasteiger partial charge in [-0.2, -0.15) is 0 Å². The molecule has 3 N–H and O–H groups in total. The Hall–Kier alpha value is -2.45. The number of pyridine rings is 1. The highest BCUT2D eigenvalue weighted by molar-refractivity contribution is 7.21. The first-order valence-electron chi connectivity index (χ1n) is 11.9. The predicted molar refractivity (Wildman–Crippen MR) is 139 cm³/mol. The van der Waals surface area contributed by atoms with Crippen LogP contribution in [0.25, 0.3) is 10.2 Å². The molecule has 0 radical (unpaired) electrons. The number of fused-ring (bicyclic) bond motifs is 3. The Labute approximate surface area is 207 Å². The SMILES string of the molecule is COC(=O)c1c(NC(=O)c2sc3nc4c(cc3c2N)CCCC4)sc2c1CCC(C(C)(C)C)C2. The molecule has 1 amide bonds. The summed E-state index contributed by atoms with van der Waals surface area (Å²) in [6, 6.07) is 2.11. The van der Waals surface area contributed by atoms with Crippen LogP contribution >= 0.6 is 22.7 Å². The average Bonchev–Trinajstić information content (AvgIpc) is 3.33. The lowest BCUT2D eigenvalue weighted by molar-refractivity contribution is 0.0600. The van der Waals surface area contributed by atoms with Gasteiger partial charge in [-0.3, -0.25) is 4.79 Å². The molecule has 1 atom stereocenters. The molecule has 2 aliphatic rings. The summed E-state index contributed by atoms with van der Waals surface area (Å²) in [6.45, 7) is 6.78. The summed E-state index contributed by atoms with van der Waals surface area (Å²) in [4.78, 5) is 33.3. The lowest BCUT2D eigenvalue weighted by atomic mass is 9.72. The number of carbonyl (C=O) groups excluding carboxylic acids is 2. The van der Waals surface area contributed by atoms with Gasteiger partial charge in [-0.15, -0.1) is 22.7 Å². The molecule has 3 aromatic rings. The third kappa shape index (κ3) is 4.01. The van der Waals surface area contributed by atoms with Crippen LogP contribution in [0.15, 0.2) is 6.07 Å². The summed E-state index contributed by atoms with van der Waals surface area (Å²) >= 11 is 2.82. The highest BCUT2D eigenvalue weighted by Crippen LogP contribution is 2.45. The Morgan fingerprint density at radius 1 is 1.18 bits per heavy atom. The van der Waals surface area contributed by atoms with E-state index in [2.05, 4.69) is 32.2 Å². The van der Waals surface area contributed by atoms with Gasteiger partial charge in [0, 0.05) is 16.0 Å². The maximum absolute atomic E-state index is 13.4. The monoisotopic (exact) mass is 497 g/mol. The first kappa shape index (κ1) is 23.3. The van der Waals surface area contributed by atoms with Crippen LogP contribution in [0.4, 0.5) is 10.7 Å². The van der Waals surface area contributed by atoms with Crippen molar-refractivity contribution in [3.63, 3.8) is 0 Å². The molecular formula is C26H31N3O3S2. The van der Waals surface area contributed by atoms with Crippen molar-refractivity contribution in [3.8, 4) is 0 Å². The zero-order valence-corrected chi connectivity index (χ0v) is 21.8. The van der Waals surface area contributed by atoms with E-state index in [1.54, 1.807) is 0 Å². The maximum atomic E-state index is 13.4. The van der Waals surface area contributed by atoms with Gasteiger partial charge in [-0.25, -0.2) is 9.78 Å². The van der Waals surface area contributed by atoms with Crippen molar-refractivity contribution in [2.24, 2.45) is 11.3 Å². The molecule has 6 nitrogen and oxygen atoms in total. The number of rotatable bonds is 3. The molecule has 0 aromatic carbocycles. The van der Waals surface area contributed by atoms with Gasteiger partial charge in [0.1, 0.15) is 14.7 Å².